The molecule has 1 rings (SSSR count). The number of nitrogens with zero attached hydrogens (tertiary/aromatic N) is 1. The Hall–Kier alpha value is -0.373. The standard InChI is InChI=1S/C13H22BrNO3SSi/c1-15(2)19(16,17)13-7-6-11(14)10-12(13)18-8-9-20(3,4)5/h6-7,10H,8-9H2,1-5H3. The van der Waals surface area contributed by atoms with Gasteiger partial charge in [0.15, 0.2) is 0 Å². The maximum absolute atomic E-state index is 12.3. The summed E-state index contributed by atoms with van der Waals surface area (Å²) in [4.78, 5) is 0.210. The van der Waals surface area contributed by atoms with Gasteiger partial charge < -0.3 is 4.74 Å². The molecule has 1 aromatic carbocycles. The quantitative estimate of drug-likeness (QED) is 0.711. The zero-order valence-electron chi connectivity index (χ0n) is 12.6. The van der Waals surface area contributed by atoms with E-state index < -0.39 is 18.1 Å². The molecular formula is C13H22BrNO3SSi. The minimum Gasteiger partial charge on any atom is -0.492 e. The van der Waals surface area contributed by atoms with Crippen LogP contribution in [0.2, 0.25) is 25.7 Å². The van der Waals surface area contributed by atoms with Crippen LogP contribution in [0.25, 0.3) is 0 Å². The second-order valence-corrected chi connectivity index (χ2v) is 14.7. The first-order chi connectivity index (χ1) is 9.04. The van der Waals surface area contributed by atoms with Gasteiger partial charge in [-0.3, -0.25) is 0 Å². The average molecular weight is 380 g/mol. The lowest BCUT2D eigenvalue weighted by Crippen LogP contribution is -2.24. The lowest BCUT2D eigenvalue weighted by Gasteiger charge is -2.19. The van der Waals surface area contributed by atoms with E-state index in [1.54, 1.807) is 18.2 Å². The van der Waals surface area contributed by atoms with Crippen molar-refractivity contribution in [1.82, 2.24) is 4.31 Å². The summed E-state index contributed by atoms with van der Waals surface area (Å²) in [7, 11) is -1.66. The Labute approximate surface area is 131 Å². The van der Waals surface area contributed by atoms with Gasteiger partial charge in [0.25, 0.3) is 0 Å². The average Bonchev–Trinajstić information content (AvgIpc) is 2.26. The molecule has 0 N–H and O–H groups in total. The van der Waals surface area contributed by atoms with Crippen LogP contribution in [0.5, 0.6) is 5.75 Å². The van der Waals surface area contributed by atoms with Crippen molar-refractivity contribution in [2.45, 2.75) is 30.6 Å². The smallest absolute Gasteiger partial charge is 0.246 e. The lowest BCUT2D eigenvalue weighted by molar-refractivity contribution is 0.328. The van der Waals surface area contributed by atoms with E-state index in [0.29, 0.717) is 12.4 Å². The van der Waals surface area contributed by atoms with Gasteiger partial charge in [0.1, 0.15) is 10.6 Å². The Balaban J connectivity index is 3.04. The highest BCUT2D eigenvalue weighted by atomic mass is 79.9. The maximum Gasteiger partial charge on any atom is 0.246 e. The van der Waals surface area contributed by atoms with Crippen LogP contribution in [-0.4, -0.2) is 41.5 Å². The van der Waals surface area contributed by atoms with Crippen molar-refractivity contribution in [1.29, 1.82) is 0 Å². The van der Waals surface area contributed by atoms with E-state index in [0.717, 1.165) is 10.5 Å². The van der Waals surface area contributed by atoms with Gasteiger partial charge in [0, 0.05) is 26.6 Å². The number of hydrogen-bond acceptors (Lipinski definition) is 3. The summed E-state index contributed by atoms with van der Waals surface area (Å²) >= 11 is 3.35. The summed E-state index contributed by atoms with van der Waals surface area (Å²) in [6.45, 7) is 7.32. The molecule has 0 fully saturated rings. The van der Waals surface area contributed by atoms with Crippen molar-refractivity contribution in [3.05, 3.63) is 22.7 Å². The Bertz CT molecular complexity index is 567. The molecular weight excluding hydrogens is 358 g/mol. The maximum atomic E-state index is 12.3. The highest BCUT2D eigenvalue weighted by Crippen LogP contribution is 2.29. The van der Waals surface area contributed by atoms with Crippen molar-refractivity contribution in [2.75, 3.05) is 20.7 Å². The number of rotatable bonds is 6. The SMILES string of the molecule is CN(C)S(=O)(=O)c1ccc(Br)cc1OCC[Si](C)(C)C. The predicted octanol–water partition coefficient (Wildman–Crippen LogP) is 3.42. The molecule has 0 bridgehead atoms. The highest BCUT2D eigenvalue weighted by Gasteiger charge is 2.23. The summed E-state index contributed by atoms with van der Waals surface area (Å²) in [5, 5.41) is 0. The summed E-state index contributed by atoms with van der Waals surface area (Å²) in [6.07, 6.45) is 0. The number of ether oxygens (including phenoxy) is 1. The molecule has 0 unspecified atom stereocenters. The fourth-order valence-corrected chi connectivity index (χ4v) is 3.53. The van der Waals surface area contributed by atoms with E-state index in [1.165, 1.54) is 18.4 Å². The third-order valence-electron chi connectivity index (χ3n) is 2.77. The lowest BCUT2D eigenvalue weighted by atomic mass is 10.3. The van der Waals surface area contributed by atoms with Gasteiger partial charge >= 0.3 is 0 Å². The van der Waals surface area contributed by atoms with Gasteiger partial charge in [0.05, 0.1) is 6.61 Å². The summed E-state index contributed by atoms with van der Waals surface area (Å²) in [5.74, 6) is 0.409. The second kappa shape index (κ2) is 6.59. The first-order valence-corrected chi connectivity index (χ1v) is 12.3. The Morgan fingerprint density at radius 3 is 2.35 bits per heavy atom. The molecule has 114 valence electrons. The molecule has 7 heteroatoms. The van der Waals surface area contributed by atoms with Gasteiger partial charge in [-0.15, -0.1) is 0 Å². The van der Waals surface area contributed by atoms with E-state index in [4.69, 9.17) is 4.74 Å². The molecule has 0 radical (unpaired) electrons. The third-order valence-corrected chi connectivity index (χ3v) is 6.83. The predicted molar refractivity (Wildman–Crippen MR) is 88.7 cm³/mol. The summed E-state index contributed by atoms with van der Waals surface area (Å²) in [6, 6.07) is 5.98. The number of sulfonamides is 1. The number of benzene rings is 1. The zero-order chi connectivity index (χ0) is 15.6. The molecule has 0 heterocycles. The normalized spacial score (nSPS) is 12.8. The van der Waals surface area contributed by atoms with Crippen molar-refractivity contribution >= 4 is 34.0 Å². The van der Waals surface area contributed by atoms with Gasteiger partial charge in [-0.2, -0.15) is 0 Å². The molecule has 0 atom stereocenters. The van der Waals surface area contributed by atoms with E-state index in [-0.39, 0.29) is 4.90 Å². The summed E-state index contributed by atoms with van der Waals surface area (Å²) in [5.41, 5.74) is 0. The second-order valence-electron chi connectivity index (χ2n) is 6.04. The van der Waals surface area contributed by atoms with Crippen LogP contribution in [0.15, 0.2) is 27.6 Å². The van der Waals surface area contributed by atoms with Crippen molar-refractivity contribution in [2.24, 2.45) is 0 Å². The van der Waals surface area contributed by atoms with Crippen LogP contribution < -0.4 is 4.74 Å². The van der Waals surface area contributed by atoms with Crippen LogP contribution >= 0.6 is 15.9 Å². The first-order valence-electron chi connectivity index (χ1n) is 6.39. The fraction of sp³-hybridized carbons (Fsp3) is 0.538. The minimum atomic E-state index is -3.49. The fourth-order valence-electron chi connectivity index (χ4n) is 1.47. The molecule has 0 aliphatic carbocycles. The van der Waals surface area contributed by atoms with Gasteiger partial charge in [0.2, 0.25) is 10.0 Å². The van der Waals surface area contributed by atoms with Gasteiger partial charge in [-0.1, -0.05) is 35.6 Å². The molecule has 1 aromatic rings. The van der Waals surface area contributed by atoms with Crippen LogP contribution in [0.4, 0.5) is 0 Å². The van der Waals surface area contributed by atoms with E-state index in [9.17, 15) is 8.42 Å². The molecule has 0 saturated carbocycles. The monoisotopic (exact) mass is 379 g/mol. The molecule has 0 aromatic heterocycles. The van der Waals surface area contributed by atoms with Crippen LogP contribution in [0.3, 0.4) is 0 Å². The molecule has 0 amide bonds. The van der Waals surface area contributed by atoms with E-state index in [1.807, 2.05) is 0 Å². The van der Waals surface area contributed by atoms with Crippen LogP contribution in [0, 0.1) is 0 Å². The molecule has 0 saturated heterocycles. The largest absolute Gasteiger partial charge is 0.492 e. The topological polar surface area (TPSA) is 46.6 Å². The highest BCUT2D eigenvalue weighted by molar-refractivity contribution is 9.10. The van der Waals surface area contributed by atoms with Crippen molar-refractivity contribution < 1.29 is 13.2 Å². The van der Waals surface area contributed by atoms with E-state index >= 15 is 0 Å². The van der Waals surface area contributed by atoms with Gasteiger partial charge in [-0.25, -0.2) is 12.7 Å². The van der Waals surface area contributed by atoms with Gasteiger partial charge in [-0.05, 0) is 24.2 Å². The summed E-state index contributed by atoms with van der Waals surface area (Å²) < 4.78 is 32.3. The third kappa shape index (κ3) is 4.87. The molecule has 0 spiro atoms. The Morgan fingerprint density at radius 1 is 1.25 bits per heavy atom. The van der Waals surface area contributed by atoms with Crippen molar-refractivity contribution in [3.63, 3.8) is 0 Å². The molecule has 0 aliphatic heterocycles. The van der Waals surface area contributed by atoms with Crippen molar-refractivity contribution in [3.8, 4) is 5.75 Å². The minimum absolute atomic E-state index is 0.210. The van der Waals surface area contributed by atoms with Crippen LogP contribution in [0.1, 0.15) is 0 Å². The number of hydrogen-bond donors (Lipinski definition) is 0. The number of halogens is 1. The van der Waals surface area contributed by atoms with E-state index in [2.05, 4.69) is 35.6 Å². The Kier molecular flexibility index (Phi) is 5.83. The molecule has 4 nitrogen and oxygen atoms in total. The first kappa shape index (κ1) is 17.7. The molecule has 0 aliphatic rings. The molecule has 20 heavy (non-hydrogen) atoms. The Morgan fingerprint density at radius 2 is 1.85 bits per heavy atom. The van der Waals surface area contributed by atoms with Crippen LogP contribution in [-0.2, 0) is 10.0 Å². The zero-order valence-corrected chi connectivity index (χ0v) is 16.0.